The molecule has 5 rings (SSSR count). The minimum atomic E-state index is -4.84. The zero-order valence-corrected chi connectivity index (χ0v) is 23.4. The van der Waals surface area contributed by atoms with Gasteiger partial charge >= 0.3 is 12.2 Å². The van der Waals surface area contributed by atoms with E-state index in [1.54, 1.807) is 6.07 Å². The summed E-state index contributed by atoms with van der Waals surface area (Å²) in [5.41, 5.74) is 0.190. The largest absolute Gasteiger partial charge is 0.408 e. The topological polar surface area (TPSA) is 145 Å². The monoisotopic (exact) mass is 614 g/mol. The SMILES string of the molecule is CNC(=O)Cc1[nH]ncc1-c1ccc2c(c1)C(=O)C[C@]21NC(=O)N(CC(=O)N(Cc2ccc(F)cc2)[C@@H](C)C(F)(F)F)C1=O. The van der Waals surface area contributed by atoms with Crippen molar-refractivity contribution >= 4 is 29.5 Å². The van der Waals surface area contributed by atoms with Crippen LogP contribution >= 0.6 is 0 Å². The van der Waals surface area contributed by atoms with Crippen LogP contribution in [-0.4, -0.2) is 75.3 Å². The first-order chi connectivity index (χ1) is 20.7. The first kappa shape index (κ1) is 30.4. The molecular formula is C29H26F4N6O5. The van der Waals surface area contributed by atoms with Crippen molar-refractivity contribution in [2.75, 3.05) is 13.6 Å². The number of urea groups is 1. The van der Waals surface area contributed by atoms with Gasteiger partial charge in [-0.15, -0.1) is 0 Å². The van der Waals surface area contributed by atoms with Crippen LogP contribution in [0.5, 0.6) is 0 Å². The molecule has 1 aliphatic carbocycles. The second kappa shape index (κ2) is 11.2. The predicted molar refractivity (Wildman–Crippen MR) is 145 cm³/mol. The van der Waals surface area contributed by atoms with E-state index in [2.05, 4.69) is 20.8 Å². The summed E-state index contributed by atoms with van der Waals surface area (Å²) in [6.45, 7) is -0.819. The number of imide groups is 1. The molecule has 5 amide bonds. The third-order valence-corrected chi connectivity index (χ3v) is 7.85. The third kappa shape index (κ3) is 5.40. The molecule has 3 N–H and O–H groups in total. The summed E-state index contributed by atoms with van der Waals surface area (Å²) in [6.07, 6.45) is -3.83. The van der Waals surface area contributed by atoms with Gasteiger partial charge in [-0.3, -0.25) is 29.2 Å². The van der Waals surface area contributed by atoms with Crippen LogP contribution in [0, 0.1) is 5.82 Å². The Kier molecular flexibility index (Phi) is 7.74. The highest BCUT2D eigenvalue weighted by Crippen LogP contribution is 2.43. The van der Waals surface area contributed by atoms with Crippen molar-refractivity contribution in [2.24, 2.45) is 0 Å². The summed E-state index contributed by atoms with van der Waals surface area (Å²) in [5.74, 6) is -3.51. The lowest BCUT2D eigenvalue weighted by molar-refractivity contribution is -0.187. The number of aromatic nitrogens is 2. The molecule has 0 unspecified atom stereocenters. The number of halogens is 4. The summed E-state index contributed by atoms with van der Waals surface area (Å²) in [6, 6.07) is 5.74. The number of H-pyrrole nitrogens is 1. The Morgan fingerprint density at radius 3 is 2.48 bits per heavy atom. The Labute approximate surface area is 247 Å². The molecule has 3 aromatic rings. The number of nitrogens with zero attached hydrogens (tertiary/aromatic N) is 3. The maximum atomic E-state index is 13.7. The Bertz CT molecular complexity index is 1670. The fraction of sp³-hybridized carbons (Fsp3) is 0.310. The number of likely N-dealkylation sites (N-methyl/N-ethyl adjacent to an activating group) is 1. The number of rotatable bonds is 8. The van der Waals surface area contributed by atoms with Gasteiger partial charge in [0.05, 0.1) is 18.3 Å². The Balaban J connectivity index is 1.41. The molecule has 2 heterocycles. The maximum absolute atomic E-state index is 13.7. The number of hydrogen-bond acceptors (Lipinski definition) is 6. The van der Waals surface area contributed by atoms with E-state index in [1.165, 1.54) is 37.5 Å². The number of Topliss-reactive ketones (excluding diaryl/α,β-unsaturated/α-hetero) is 1. The second-order valence-electron chi connectivity index (χ2n) is 10.6. The highest BCUT2D eigenvalue weighted by molar-refractivity contribution is 6.17. The van der Waals surface area contributed by atoms with Gasteiger partial charge in [-0.05, 0) is 41.8 Å². The summed E-state index contributed by atoms with van der Waals surface area (Å²) in [4.78, 5) is 65.9. The van der Waals surface area contributed by atoms with Gasteiger partial charge in [0.2, 0.25) is 11.8 Å². The van der Waals surface area contributed by atoms with E-state index in [0.29, 0.717) is 26.6 Å². The number of aromatic amines is 1. The predicted octanol–water partition coefficient (Wildman–Crippen LogP) is 2.82. The summed E-state index contributed by atoms with van der Waals surface area (Å²) in [7, 11) is 1.48. The van der Waals surface area contributed by atoms with E-state index in [-0.39, 0.29) is 29.0 Å². The molecule has 1 fully saturated rings. The molecular weight excluding hydrogens is 588 g/mol. The number of alkyl halides is 3. The molecule has 2 aliphatic rings. The number of carbonyl (C=O) groups excluding carboxylic acids is 5. The Morgan fingerprint density at radius 1 is 1.11 bits per heavy atom. The first-order valence-electron chi connectivity index (χ1n) is 13.4. The number of hydrogen-bond donors (Lipinski definition) is 3. The molecule has 1 aliphatic heterocycles. The van der Waals surface area contributed by atoms with E-state index in [1.807, 2.05) is 0 Å². The highest BCUT2D eigenvalue weighted by Gasteiger charge is 2.58. The normalized spacial score (nSPS) is 18.4. The molecule has 1 spiro atoms. The van der Waals surface area contributed by atoms with E-state index in [0.717, 1.165) is 19.1 Å². The standard InChI is InChI=1S/C29H26F4N6O5/c1-15(29(31,32)33)38(13-16-3-6-18(30)7-4-16)25(42)14-39-26(43)28(36-27(39)44)11-23(40)19-9-17(5-8-21(19)28)20-12-35-37-22(20)10-24(41)34-2/h3-9,12,15H,10-11,13-14H2,1-2H3,(H,34,41)(H,35,37)(H,36,44)/t15-,28-/m0/s1. The van der Waals surface area contributed by atoms with Crippen LogP contribution in [-0.2, 0) is 32.9 Å². The van der Waals surface area contributed by atoms with Crippen molar-refractivity contribution in [3.8, 4) is 11.1 Å². The minimum Gasteiger partial charge on any atom is -0.359 e. The van der Waals surface area contributed by atoms with E-state index < -0.39 is 66.7 Å². The van der Waals surface area contributed by atoms with Crippen LogP contribution in [0.4, 0.5) is 22.4 Å². The van der Waals surface area contributed by atoms with E-state index >= 15 is 0 Å². The van der Waals surface area contributed by atoms with Crippen molar-refractivity contribution < 1.29 is 41.5 Å². The quantitative estimate of drug-likeness (QED) is 0.263. The Hall–Kier alpha value is -5.08. The van der Waals surface area contributed by atoms with Crippen molar-refractivity contribution in [2.45, 2.75) is 44.1 Å². The van der Waals surface area contributed by atoms with Crippen molar-refractivity contribution in [3.63, 3.8) is 0 Å². The van der Waals surface area contributed by atoms with Crippen LogP contribution in [0.25, 0.3) is 11.1 Å². The molecule has 2 aromatic carbocycles. The molecule has 15 heteroatoms. The molecule has 0 bridgehead atoms. The van der Waals surface area contributed by atoms with E-state index in [9.17, 15) is 41.5 Å². The molecule has 2 atom stereocenters. The smallest absolute Gasteiger partial charge is 0.359 e. The van der Waals surface area contributed by atoms with Gasteiger partial charge in [0, 0.05) is 31.1 Å². The number of ketones is 1. The zero-order chi connectivity index (χ0) is 32.0. The molecule has 11 nitrogen and oxygen atoms in total. The van der Waals surface area contributed by atoms with E-state index in [4.69, 9.17) is 0 Å². The van der Waals surface area contributed by atoms with Crippen molar-refractivity contribution in [1.29, 1.82) is 0 Å². The third-order valence-electron chi connectivity index (χ3n) is 7.85. The zero-order valence-electron chi connectivity index (χ0n) is 23.4. The maximum Gasteiger partial charge on any atom is 0.408 e. The van der Waals surface area contributed by atoms with Gasteiger partial charge in [0.15, 0.2) is 11.3 Å². The summed E-state index contributed by atoms with van der Waals surface area (Å²) < 4.78 is 54.5. The van der Waals surface area contributed by atoms with Crippen LogP contribution in [0.15, 0.2) is 48.7 Å². The van der Waals surface area contributed by atoms with Gasteiger partial charge in [0.1, 0.15) is 18.4 Å². The van der Waals surface area contributed by atoms with Crippen LogP contribution in [0.2, 0.25) is 0 Å². The van der Waals surface area contributed by atoms with Gasteiger partial charge in [-0.2, -0.15) is 18.3 Å². The first-order valence-corrected chi connectivity index (χ1v) is 13.4. The molecule has 1 saturated heterocycles. The van der Waals surface area contributed by atoms with Crippen molar-refractivity contribution in [1.82, 2.24) is 30.6 Å². The average Bonchev–Trinajstić information content (AvgIpc) is 3.62. The molecule has 0 saturated carbocycles. The fourth-order valence-corrected chi connectivity index (χ4v) is 5.39. The summed E-state index contributed by atoms with van der Waals surface area (Å²) in [5, 5.41) is 11.7. The van der Waals surface area contributed by atoms with Gasteiger partial charge in [0.25, 0.3) is 5.91 Å². The second-order valence-corrected chi connectivity index (χ2v) is 10.6. The van der Waals surface area contributed by atoms with Gasteiger partial charge in [-0.1, -0.05) is 24.3 Å². The van der Waals surface area contributed by atoms with Crippen LogP contribution in [0.3, 0.4) is 0 Å². The summed E-state index contributed by atoms with van der Waals surface area (Å²) >= 11 is 0. The lowest BCUT2D eigenvalue weighted by Crippen LogP contribution is -2.51. The highest BCUT2D eigenvalue weighted by atomic mass is 19.4. The Morgan fingerprint density at radius 2 is 1.82 bits per heavy atom. The number of carbonyl (C=O) groups is 5. The average molecular weight is 615 g/mol. The van der Waals surface area contributed by atoms with Crippen LogP contribution < -0.4 is 10.6 Å². The fourth-order valence-electron chi connectivity index (χ4n) is 5.39. The van der Waals surface area contributed by atoms with Crippen LogP contribution in [0.1, 0.15) is 40.5 Å². The molecule has 230 valence electrons. The van der Waals surface area contributed by atoms with Gasteiger partial charge < -0.3 is 15.5 Å². The number of benzene rings is 2. The van der Waals surface area contributed by atoms with Crippen molar-refractivity contribution in [3.05, 3.63) is 76.9 Å². The minimum absolute atomic E-state index is 0.0104. The lowest BCUT2D eigenvalue weighted by atomic mass is 9.90. The number of amides is 5. The molecule has 44 heavy (non-hydrogen) atoms. The lowest BCUT2D eigenvalue weighted by Gasteiger charge is -2.32. The molecule has 1 aromatic heterocycles. The number of nitrogens with one attached hydrogen (secondary N) is 3. The van der Waals surface area contributed by atoms with Gasteiger partial charge in [-0.25, -0.2) is 9.18 Å². The molecule has 0 radical (unpaired) electrons. The number of fused-ring (bicyclic) bond motifs is 2.